The maximum Gasteiger partial charge on any atom is 0.220 e. The zero-order valence-electron chi connectivity index (χ0n) is 11.0. The van der Waals surface area contributed by atoms with Gasteiger partial charge in [-0.15, -0.1) is 0 Å². The molecule has 0 radical (unpaired) electrons. The van der Waals surface area contributed by atoms with Crippen molar-refractivity contribution in [1.29, 1.82) is 0 Å². The van der Waals surface area contributed by atoms with Gasteiger partial charge in [-0.2, -0.15) is 0 Å². The first-order valence-corrected chi connectivity index (χ1v) is 6.53. The normalized spacial score (nSPS) is 21.6. The van der Waals surface area contributed by atoms with E-state index in [4.69, 9.17) is 0 Å². The topological polar surface area (TPSA) is 32.3 Å². The number of amides is 1. The van der Waals surface area contributed by atoms with Gasteiger partial charge in [-0.3, -0.25) is 4.79 Å². The van der Waals surface area contributed by atoms with Crippen LogP contribution in [0.2, 0.25) is 0 Å². The standard InChI is InChI=1S/C13H26N2O/c1-11(2)5-4-6-13(16)14-9-12-7-8-15(3)10-12/h11-12H,4-10H2,1-3H3,(H,14,16)/t12-/m0/s1. The SMILES string of the molecule is CC(C)CCCC(=O)NC[C@@H]1CCN(C)C1. The van der Waals surface area contributed by atoms with E-state index in [9.17, 15) is 4.79 Å². The highest BCUT2D eigenvalue weighted by molar-refractivity contribution is 5.75. The summed E-state index contributed by atoms with van der Waals surface area (Å²) < 4.78 is 0. The van der Waals surface area contributed by atoms with Crippen LogP contribution in [0.4, 0.5) is 0 Å². The third-order valence-corrected chi connectivity index (χ3v) is 3.26. The fourth-order valence-corrected chi connectivity index (χ4v) is 2.21. The molecule has 1 aliphatic heterocycles. The second kappa shape index (κ2) is 6.89. The summed E-state index contributed by atoms with van der Waals surface area (Å²) in [6.45, 7) is 7.57. The molecule has 0 aliphatic carbocycles. The van der Waals surface area contributed by atoms with E-state index in [2.05, 4.69) is 31.1 Å². The van der Waals surface area contributed by atoms with Crippen LogP contribution in [-0.4, -0.2) is 37.5 Å². The Kier molecular flexibility index (Phi) is 5.81. The highest BCUT2D eigenvalue weighted by Crippen LogP contribution is 2.13. The third-order valence-electron chi connectivity index (χ3n) is 3.26. The lowest BCUT2D eigenvalue weighted by atomic mass is 10.1. The van der Waals surface area contributed by atoms with Crippen molar-refractivity contribution in [2.24, 2.45) is 11.8 Å². The second-order valence-corrected chi connectivity index (χ2v) is 5.51. The number of hydrogen-bond donors (Lipinski definition) is 1. The van der Waals surface area contributed by atoms with Crippen LogP contribution in [0.5, 0.6) is 0 Å². The Bertz CT molecular complexity index is 216. The molecule has 3 nitrogen and oxygen atoms in total. The van der Waals surface area contributed by atoms with Crippen LogP contribution in [0, 0.1) is 11.8 Å². The maximum atomic E-state index is 11.5. The quantitative estimate of drug-likeness (QED) is 0.750. The molecule has 3 heteroatoms. The van der Waals surface area contributed by atoms with E-state index >= 15 is 0 Å². The number of nitrogens with zero attached hydrogens (tertiary/aromatic N) is 1. The summed E-state index contributed by atoms with van der Waals surface area (Å²) in [4.78, 5) is 13.9. The average Bonchev–Trinajstić information content (AvgIpc) is 2.61. The summed E-state index contributed by atoms with van der Waals surface area (Å²) in [6.07, 6.45) is 4.09. The van der Waals surface area contributed by atoms with Gasteiger partial charge in [0, 0.05) is 19.5 Å². The van der Waals surface area contributed by atoms with E-state index in [0.29, 0.717) is 18.3 Å². The molecule has 1 rings (SSSR count). The van der Waals surface area contributed by atoms with Crippen LogP contribution in [0.3, 0.4) is 0 Å². The van der Waals surface area contributed by atoms with Crippen molar-refractivity contribution in [3.05, 3.63) is 0 Å². The molecule has 1 amide bonds. The minimum absolute atomic E-state index is 0.232. The molecule has 1 atom stereocenters. The van der Waals surface area contributed by atoms with Crippen LogP contribution >= 0.6 is 0 Å². The third kappa shape index (κ3) is 5.50. The van der Waals surface area contributed by atoms with E-state index in [-0.39, 0.29) is 5.91 Å². The van der Waals surface area contributed by atoms with E-state index in [1.165, 1.54) is 13.0 Å². The monoisotopic (exact) mass is 226 g/mol. The first-order chi connectivity index (χ1) is 7.58. The zero-order chi connectivity index (χ0) is 12.0. The lowest BCUT2D eigenvalue weighted by Gasteiger charge is -2.11. The smallest absolute Gasteiger partial charge is 0.220 e. The van der Waals surface area contributed by atoms with Gasteiger partial charge >= 0.3 is 0 Å². The van der Waals surface area contributed by atoms with Gasteiger partial charge in [0.15, 0.2) is 0 Å². The van der Waals surface area contributed by atoms with Gasteiger partial charge in [-0.25, -0.2) is 0 Å². The molecular weight excluding hydrogens is 200 g/mol. The van der Waals surface area contributed by atoms with E-state index in [1.54, 1.807) is 0 Å². The summed E-state index contributed by atoms with van der Waals surface area (Å²) in [5.41, 5.74) is 0. The van der Waals surface area contributed by atoms with Crippen molar-refractivity contribution >= 4 is 5.91 Å². The number of nitrogens with one attached hydrogen (secondary N) is 1. The Morgan fingerprint density at radius 1 is 1.50 bits per heavy atom. The van der Waals surface area contributed by atoms with Crippen molar-refractivity contribution in [1.82, 2.24) is 10.2 Å². The van der Waals surface area contributed by atoms with E-state index < -0.39 is 0 Å². The Morgan fingerprint density at radius 2 is 2.25 bits per heavy atom. The average molecular weight is 226 g/mol. The number of carbonyl (C=O) groups is 1. The molecule has 0 unspecified atom stereocenters. The van der Waals surface area contributed by atoms with Gasteiger partial charge in [-0.05, 0) is 38.3 Å². The highest BCUT2D eigenvalue weighted by atomic mass is 16.1. The molecule has 0 aromatic heterocycles. The minimum Gasteiger partial charge on any atom is -0.356 e. The number of carbonyl (C=O) groups excluding carboxylic acids is 1. The predicted molar refractivity (Wildman–Crippen MR) is 67.3 cm³/mol. The van der Waals surface area contributed by atoms with E-state index in [1.807, 2.05) is 0 Å². The first-order valence-electron chi connectivity index (χ1n) is 6.53. The summed E-state index contributed by atoms with van der Waals surface area (Å²) in [5, 5.41) is 3.05. The van der Waals surface area contributed by atoms with Crippen molar-refractivity contribution in [2.75, 3.05) is 26.7 Å². The molecule has 0 bridgehead atoms. The van der Waals surface area contributed by atoms with Crippen LogP contribution < -0.4 is 5.32 Å². The van der Waals surface area contributed by atoms with Crippen LogP contribution in [0.1, 0.15) is 39.5 Å². The number of rotatable bonds is 6. The molecule has 1 heterocycles. The van der Waals surface area contributed by atoms with Crippen LogP contribution in [-0.2, 0) is 4.79 Å². The summed E-state index contributed by atoms with van der Waals surface area (Å²) in [6, 6.07) is 0. The van der Waals surface area contributed by atoms with Gasteiger partial charge in [0.05, 0.1) is 0 Å². The molecule has 0 aromatic carbocycles. The Balaban J connectivity index is 2.02. The number of hydrogen-bond acceptors (Lipinski definition) is 2. The first kappa shape index (κ1) is 13.5. The zero-order valence-corrected chi connectivity index (χ0v) is 11.0. The predicted octanol–water partition coefficient (Wildman–Crippen LogP) is 1.88. The maximum absolute atomic E-state index is 11.5. The Labute approximate surface area is 99.6 Å². The molecule has 1 aliphatic rings. The molecular formula is C13H26N2O. The van der Waals surface area contributed by atoms with Crippen molar-refractivity contribution < 1.29 is 4.79 Å². The molecule has 0 aromatic rings. The van der Waals surface area contributed by atoms with Crippen molar-refractivity contribution in [2.45, 2.75) is 39.5 Å². The van der Waals surface area contributed by atoms with Crippen LogP contribution in [0.25, 0.3) is 0 Å². The van der Waals surface area contributed by atoms with Crippen molar-refractivity contribution in [3.63, 3.8) is 0 Å². The highest BCUT2D eigenvalue weighted by Gasteiger charge is 2.19. The second-order valence-electron chi connectivity index (χ2n) is 5.51. The molecule has 16 heavy (non-hydrogen) atoms. The molecule has 0 spiro atoms. The lowest BCUT2D eigenvalue weighted by molar-refractivity contribution is -0.121. The number of likely N-dealkylation sites (tertiary alicyclic amines) is 1. The Morgan fingerprint density at radius 3 is 2.81 bits per heavy atom. The minimum atomic E-state index is 0.232. The summed E-state index contributed by atoms with van der Waals surface area (Å²) in [5.74, 6) is 1.60. The van der Waals surface area contributed by atoms with Crippen LogP contribution in [0.15, 0.2) is 0 Å². The molecule has 1 saturated heterocycles. The largest absolute Gasteiger partial charge is 0.356 e. The van der Waals surface area contributed by atoms with Gasteiger partial charge < -0.3 is 10.2 Å². The van der Waals surface area contributed by atoms with Gasteiger partial charge in [-0.1, -0.05) is 20.3 Å². The summed E-state index contributed by atoms with van der Waals surface area (Å²) >= 11 is 0. The van der Waals surface area contributed by atoms with Gasteiger partial charge in [0.2, 0.25) is 5.91 Å². The lowest BCUT2D eigenvalue weighted by Crippen LogP contribution is -2.30. The molecule has 94 valence electrons. The fraction of sp³-hybridized carbons (Fsp3) is 0.923. The molecule has 1 N–H and O–H groups in total. The van der Waals surface area contributed by atoms with E-state index in [0.717, 1.165) is 25.9 Å². The van der Waals surface area contributed by atoms with Gasteiger partial charge in [0.1, 0.15) is 0 Å². The molecule has 1 fully saturated rings. The fourth-order valence-electron chi connectivity index (χ4n) is 2.21. The Hall–Kier alpha value is -0.570. The molecule has 0 saturated carbocycles. The summed E-state index contributed by atoms with van der Waals surface area (Å²) in [7, 11) is 2.14. The van der Waals surface area contributed by atoms with Crippen molar-refractivity contribution in [3.8, 4) is 0 Å². The van der Waals surface area contributed by atoms with Gasteiger partial charge in [0.25, 0.3) is 0 Å².